The number of esters is 1. The SMILES string of the molecule is CCOc1cc(/C=N\Nc2nc(C)cs2)ccc1OC(=O)c1ccccc1OC. The third kappa shape index (κ3) is 5.32. The number of hydrogen-bond donors (Lipinski definition) is 1. The van der Waals surface area contributed by atoms with Crippen LogP contribution in [0.2, 0.25) is 0 Å². The molecule has 7 nitrogen and oxygen atoms in total. The summed E-state index contributed by atoms with van der Waals surface area (Å²) in [6.45, 7) is 4.21. The molecule has 0 aliphatic rings. The first-order chi connectivity index (χ1) is 14.1. The molecule has 0 unspecified atom stereocenters. The Bertz CT molecular complexity index is 1020. The maximum atomic E-state index is 12.6. The Morgan fingerprint density at radius 1 is 1.21 bits per heavy atom. The Balaban J connectivity index is 1.76. The lowest BCUT2D eigenvalue weighted by Crippen LogP contribution is -2.11. The second-order valence-corrected chi connectivity index (χ2v) is 6.75. The van der Waals surface area contributed by atoms with E-state index in [0.717, 1.165) is 11.3 Å². The van der Waals surface area contributed by atoms with Gasteiger partial charge in [-0.2, -0.15) is 5.10 Å². The van der Waals surface area contributed by atoms with E-state index < -0.39 is 5.97 Å². The molecule has 0 atom stereocenters. The van der Waals surface area contributed by atoms with Gasteiger partial charge in [0.1, 0.15) is 11.3 Å². The summed E-state index contributed by atoms with van der Waals surface area (Å²) in [5.41, 5.74) is 4.94. The number of para-hydroxylation sites is 1. The second kappa shape index (κ2) is 9.70. The van der Waals surface area contributed by atoms with Gasteiger partial charge in [0.25, 0.3) is 0 Å². The van der Waals surface area contributed by atoms with Crippen LogP contribution in [0.25, 0.3) is 0 Å². The van der Waals surface area contributed by atoms with Crippen LogP contribution in [-0.4, -0.2) is 30.9 Å². The molecule has 0 radical (unpaired) electrons. The zero-order chi connectivity index (χ0) is 20.6. The lowest BCUT2D eigenvalue weighted by atomic mass is 10.2. The first-order valence-electron chi connectivity index (χ1n) is 8.94. The lowest BCUT2D eigenvalue weighted by Gasteiger charge is -2.12. The third-order valence-corrected chi connectivity index (χ3v) is 4.65. The summed E-state index contributed by atoms with van der Waals surface area (Å²) in [6.07, 6.45) is 1.64. The van der Waals surface area contributed by atoms with Crippen LogP contribution < -0.4 is 19.6 Å². The van der Waals surface area contributed by atoms with Crippen LogP contribution in [0, 0.1) is 6.92 Å². The van der Waals surface area contributed by atoms with E-state index in [2.05, 4.69) is 15.5 Å². The van der Waals surface area contributed by atoms with Crippen LogP contribution in [0.5, 0.6) is 17.2 Å². The van der Waals surface area contributed by atoms with Crippen molar-refractivity contribution in [1.29, 1.82) is 0 Å². The average Bonchev–Trinajstić information content (AvgIpc) is 3.15. The minimum absolute atomic E-state index is 0.323. The fraction of sp³-hybridized carbons (Fsp3) is 0.190. The van der Waals surface area contributed by atoms with Gasteiger partial charge in [0.15, 0.2) is 11.5 Å². The van der Waals surface area contributed by atoms with E-state index in [9.17, 15) is 4.79 Å². The topological polar surface area (TPSA) is 82.0 Å². The first-order valence-corrected chi connectivity index (χ1v) is 9.82. The van der Waals surface area contributed by atoms with Gasteiger partial charge in [-0.15, -0.1) is 11.3 Å². The molecular formula is C21H21N3O4S. The normalized spacial score (nSPS) is 10.7. The number of carbonyl (C=O) groups is 1. The summed E-state index contributed by atoms with van der Waals surface area (Å²) in [6, 6.07) is 12.1. The number of methoxy groups -OCH3 is 1. The molecule has 0 saturated heterocycles. The standard InChI is InChI=1S/C21H21N3O4S/c1-4-27-19-11-15(12-22-24-21-23-14(2)13-29-21)9-10-18(19)28-20(25)16-7-5-6-8-17(16)26-3/h5-13H,4H2,1-3H3,(H,23,24)/b22-12-. The quantitative estimate of drug-likeness (QED) is 0.254. The van der Waals surface area contributed by atoms with E-state index in [1.54, 1.807) is 48.7 Å². The molecule has 3 rings (SSSR count). The highest BCUT2D eigenvalue weighted by Gasteiger charge is 2.16. The molecular weight excluding hydrogens is 390 g/mol. The van der Waals surface area contributed by atoms with Gasteiger partial charge in [-0.1, -0.05) is 12.1 Å². The molecule has 0 bridgehead atoms. The largest absolute Gasteiger partial charge is 0.496 e. The highest BCUT2D eigenvalue weighted by Crippen LogP contribution is 2.30. The van der Waals surface area contributed by atoms with Crippen molar-refractivity contribution in [2.45, 2.75) is 13.8 Å². The summed E-state index contributed by atoms with van der Waals surface area (Å²) < 4.78 is 16.4. The Kier molecular flexibility index (Phi) is 6.80. The van der Waals surface area contributed by atoms with Crippen LogP contribution >= 0.6 is 11.3 Å². The predicted molar refractivity (Wildman–Crippen MR) is 114 cm³/mol. The van der Waals surface area contributed by atoms with E-state index in [0.29, 0.717) is 34.6 Å². The van der Waals surface area contributed by atoms with Gasteiger partial charge >= 0.3 is 5.97 Å². The van der Waals surface area contributed by atoms with Gasteiger partial charge < -0.3 is 14.2 Å². The lowest BCUT2D eigenvalue weighted by molar-refractivity contribution is 0.0725. The monoisotopic (exact) mass is 411 g/mol. The number of hydrogen-bond acceptors (Lipinski definition) is 8. The van der Waals surface area contributed by atoms with Crippen LogP contribution in [0.1, 0.15) is 28.5 Å². The third-order valence-electron chi connectivity index (χ3n) is 3.79. The van der Waals surface area contributed by atoms with Crippen molar-refractivity contribution < 1.29 is 19.0 Å². The molecule has 0 saturated carbocycles. The molecule has 0 amide bonds. The number of aromatic nitrogens is 1. The molecule has 8 heteroatoms. The summed E-state index contributed by atoms with van der Waals surface area (Å²) in [5.74, 6) is 0.696. The Labute approximate surface area is 173 Å². The number of ether oxygens (including phenoxy) is 3. The van der Waals surface area contributed by atoms with Crippen molar-refractivity contribution in [2.75, 3.05) is 19.1 Å². The van der Waals surface area contributed by atoms with Gasteiger partial charge in [-0.05, 0) is 49.7 Å². The van der Waals surface area contributed by atoms with Gasteiger partial charge in [-0.25, -0.2) is 9.78 Å². The number of rotatable bonds is 8. The molecule has 2 aromatic carbocycles. The molecule has 1 heterocycles. The summed E-state index contributed by atoms with van der Waals surface area (Å²) in [5, 5.41) is 6.83. The fourth-order valence-electron chi connectivity index (χ4n) is 2.49. The molecule has 0 spiro atoms. The van der Waals surface area contributed by atoms with Gasteiger partial charge in [0.2, 0.25) is 5.13 Å². The summed E-state index contributed by atoms with van der Waals surface area (Å²) in [4.78, 5) is 16.8. The van der Waals surface area contributed by atoms with E-state index in [1.165, 1.54) is 18.4 Å². The number of nitrogens with zero attached hydrogens (tertiary/aromatic N) is 2. The number of benzene rings is 2. The number of nitrogens with one attached hydrogen (secondary N) is 1. The molecule has 150 valence electrons. The predicted octanol–water partition coefficient (Wildman–Crippen LogP) is 4.52. The van der Waals surface area contributed by atoms with Crippen molar-refractivity contribution >= 4 is 28.7 Å². The smallest absolute Gasteiger partial charge is 0.347 e. The number of anilines is 1. The van der Waals surface area contributed by atoms with Crippen molar-refractivity contribution in [3.05, 3.63) is 64.7 Å². The van der Waals surface area contributed by atoms with E-state index in [1.807, 2.05) is 19.2 Å². The number of thiazole rings is 1. The van der Waals surface area contributed by atoms with Crippen LogP contribution in [0.4, 0.5) is 5.13 Å². The van der Waals surface area contributed by atoms with E-state index in [-0.39, 0.29) is 0 Å². The van der Waals surface area contributed by atoms with Crippen LogP contribution in [-0.2, 0) is 0 Å². The molecule has 0 aliphatic heterocycles. The minimum Gasteiger partial charge on any atom is -0.496 e. The fourth-order valence-corrected chi connectivity index (χ4v) is 3.13. The molecule has 1 aromatic heterocycles. The molecule has 0 aliphatic carbocycles. The summed E-state index contributed by atoms with van der Waals surface area (Å²) in [7, 11) is 1.51. The molecule has 0 fully saturated rings. The zero-order valence-corrected chi connectivity index (χ0v) is 17.2. The zero-order valence-electron chi connectivity index (χ0n) is 16.3. The van der Waals surface area contributed by atoms with Crippen molar-refractivity contribution in [3.63, 3.8) is 0 Å². The average molecular weight is 411 g/mol. The van der Waals surface area contributed by atoms with E-state index in [4.69, 9.17) is 14.2 Å². The Morgan fingerprint density at radius 3 is 2.76 bits per heavy atom. The minimum atomic E-state index is -0.523. The van der Waals surface area contributed by atoms with Gasteiger partial charge in [-0.3, -0.25) is 5.43 Å². The van der Waals surface area contributed by atoms with Crippen LogP contribution in [0.3, 0.4) is 0 Å². The maximum Gasteiger partial charge on any atom is 0.347 e. The highest BCUT2D eigenvalue weighted by atomic mass is 32.1. The Hall–Kier alpha value is -3.39. The van der Waals surface area contributed by atoms with Gasteiger partial charge in [0, 0.05) is 5.38 Å². The van der Waals surface area contributed by atoms with E-state index >= 15 is 0 Å². The Morgan fingerprint density at radius 2 is 2.03 bits per heavy atom. The van der Waals surface area contributed by atoms with Crippen molar-refractivity contribution in [2.24, 2.45) is 5.10 Å². The van der Waals surface area contributed by atoms with Crippen molar-refractivity contribution in [1.82, 2.24) is 4.98 Å². The van der Waals surface area contributed by atoms with Crippen LogP contribution in [0.15, 0.2) is 52.9 Å². The highest BCUT2D eigenvalue weighted by molar-refractivity contribution is 7.13. The van der Waals surface area contributed by atoms with Gasteiger partial charge in [0.05, 0.1) is 25.6 Å². The number of carbonyl (C=O) groups excluding carboxylic acids is 1. The van der Waals surface area contributed by atoms with Crippen molar-refractivity contribution in [3.8, 4) is 17.2 Å². The first kappa shape index (κ1) is 20.3. The second-order valence-electron chi connectivity index (χ2n) is 5.89. The number of aryl methyl sites for hydroxylation is 1. The summed E-state index contributed by atoms with van der Waals surface area (Å²) >= 11 is 1.48. The molecule has 1 N–H and O–H groups in total. The molecule has 3 aromatic rings. The maximum absolute atomic E-state index is 12.6. The number of hydrazone groups is 1. The molecule has 29 heavy (non-hydrogen) atoms.